The highest BCUT2D eigenvalue weighted by Crippen LogP contribution is 2.33. The molecule has 1 aromatic carbocycles. The van der Waals surface area contributed by atoms with E-state index in [0.717, 1.165) is 31.3 Å². The first-order valence-corrected chi connectivity index (χ1v) is 13.9. The highest BCUT2D eigenvalue weighted by molar-refractivity contribution is 5.98. The molecule has 0 radical (unpaired) electrons. The molecule has 1 aromatic heterocycles. The highest BCUT2D eigenvalue weighted by atomic mass is 16.7. The number of carbonyl (C=O) groups excluding carboxylic acids is 1. The Bertz CT molecular complexity index is 1010. The van der Waals surface area contributed by atoms with Crippen LogP contribution in [0.15, 0.2) is 24.3 Å². The van der Waals surface area contributed by atoms with Gasteiger partial charge in [-0.15, -0.1) is 0 Å². The zero-order valence-electron chi connectivity index (χ0n) is 22.7. The summed E-state index contributed by atoms with van der Waals surface area (Å²) in [4.78, 5) is 20.6. The van der Waals surface area contributed by atoms with E-state index in [1.54, 1.807) is 13.2 Å². The molecule has 4 rings (SSSR count). The number of piperidine rings is 1. The number of nitrogens with zero attached hydrogens (tertiary/aromatic N) is 2. The van der Waals surface area contributed by atoms with Gasteiger partial charge in [0.15, 0.2) is 0 Å². The number of rotatable bonds is 12. The van der Waals surface area contributed by atoms with Gasteiger partial charge in [0.25, 0.3) is 5.91 Å². The predicted octanol–water partition coefficient (Wildman–Crippen LogP) is 4.80. The molecule has 2 aliphatic rings. The van der Waals surface area contributed by atoms with Crippen LogP contribution in [0.3, 0.4) is 0 Å². The lowest BCUT2D eigenvalue weighted by Gasteiger charge is -2.35. The van der Waals surface area contributed by atoms with E-state index in [1.165, 1.54) is 32.1 Å². The van der Waals surface area contributed by atoms with Gasteiger partial charge in [0, 0.05) is 37.2 Å². The van der Waals surface area contributed by atoms with E-state index < -0.39 is 0 Å². The molecule has 0 spiro atoms. The maximum atomic E-state index is 13.4. The molecule has 1 saturated carbocycles. The molecule has 37 heavy (non-hydrogen) atoms. The third kappa shape index (κ3) is 7.79. The molecule has 1 amide bonds. The summed E-state index contributed by atoms with van der Waals surface area (Å²) in [6, 6.07) is 8.16. The van der Waals surface area contributed by atoms with Crippen molar-refractivity contribution in [3.8, 4) is 11.5 Å². The number of fused-ring (bicyclic) bond motifs is 1. The molecular weight excluding hydrogens is 470 g/mol. The van der Waals surface area contributed by atoms with Crippen LogP contribution in [-0.2, 0) is 9.47 Å². The lowest BCUT2D eigenvalue weighted by Crippen LogP contribution is -2.49. The molecule has 0 bridgehead atoms. The van der Waals surface area contributed by atoms with Crippen LogP contribution in [0, 0.1) is 5.92 Å². The summed E-state index contributed by atoms with van der Waals surface area (Å²) in [5.74, 6) is 1.69. The van der Waals surface area contributed by atoms with Crippen LogP contribution in [0.5, 0.6) is 11.5 Å². The van der Waals surface area contributed by atoms with Gasteiger partial charge < -0.3 is 24.3 Å². The van der Waals surface area contributed by atoms with Crippen LogP contribution >= 0.6 is 0 Å². The van der Waals surface area contributed by atoms with Gasteiger partial charge in [-0.25, -0.2) is 4.98 Å². The van der Waals surface area contributed by atoms with Gasteiger partial charge in [0.2, 0.25) is 0 Å². The van der Waals surface area contributed by atoms with Crippen LogP contribution in [0.4, 0.5) is 0 Å². The molecule has 1 atom stereocenters. The minimum absolute atomic E-state index is 0.103. The minimum Gasteiger partial charge on any atom is -0.491 e. The fourth-order valence-electron chi connectivity index (χ4n) is 5.31. The minimum atomic E-state index is -0.180. The fourth-order valence-corrected chi connectivity index (χ4v) is 5.31. The molecule has 1 N–H and O–H groups in total. The Morgan fingerprint density at radius 3 is 2.70 bits per heavy atom. The number of aromatic nitrogens is 1. The number of methoxy groups -OCH3 is 1. The topological polar surface area (TPSA) is 82.2 Å². The number of pyridine rings is 1. The average molecular weight is 514 g/mol. The van der Waals surface area contributed by atoms with Crippen molar-refractivity contribution >= 4 is 16.8 Å². The lowest BCUT2D eigenvalue weighted by atomic mass is 9.90. The molecule has 204 valence electrons. The third-order valence-corrected chi connectivity index (χ3v) is 7.40. The van der Waals surface area contributed by atoms with Gasteiger partial charge in [0.1, 0.15) is 36.1 Å². The Kier molecular flexibility index (Phi) is 10.4. The van der Waals surface area contributed by atoms with Crippen molar-refractivity contribution in [3.63, 3.8) is 0 Å². The van der Waals surface area contributed by atoms with Gasteiger partial charge in [0.05, 0.1) is 13.2 Å². The smallest absolute Gasteiger partial charge is 0.270 e. The number of para-hydroxylation sites is 1. The maximum Gasteiger partial charge on any atom is 0.270 e. The summed E-state index contributed by atoms with van der Waals surface area (Å²) >= 11 is 0. The van der Waals surface area contributed by atoms with Crippen molar-refractivity contribution in [3.05, 3.63) is 30.0 Å². The van der Waals surface area contributed by atoms with Crippen molar-refractivity contribution in [2.24, 2.45) is 5.92 Å². The van der Waals surface area contributed by atoms with Gasteiger partial charge >= 0.3 is 0 Å². The van der Waals surface area contributed by atoms with Gasteiger partial charge in [-0.3, -0.25) is 9.69 Å². The van der Waals surface area contributed by atoms with Crippen molar-refractivity contribution in [1.29, 1.82) is 0 Å². The number of hydrogen-bond donors (Lipinski definition) is 1. The van der Waals surface area contributed by atoms with Crippen molar-refractivity contribution < 1.29 is 23.7 Å². The SMILES string of the molecule is COCOCCOc1cc(C(=O)N[C@@H]2CCCN(C(C)C)C2)nc2c(OCC3CCCCC3)cccc12. The second-order valence-corrected chi connectivity index (χ2v) is 10.5. The normalized spacial score (nSPS) is 19.3. The molecule has 8 nitrogen and oxygen atoms in total. The third-order valence-electron chi connectivity index (χ3n) is 7.40. The van der Waals surface area contributed by atoms with E-state index >= 15 is 0 Å². The summed E-state index contributed by atoms with van der Waals surface area (Å²) in [5.41, 5.74) is 1.00. The van der Waals surface area contributed by atoms with E-state index in [4.69, 9.17) is 23.9 Å². The second-order valence-electron chi connectivity index (χ2n) is 10.5. The summed E-state index contributed by atoms with van der Waals surface area (Å²) < 4.78 is 22.7. The molecule has 2 aromatic rings. The number of hydrogen-bond acceptors (Lipinski definition) is 7. The van der Waals surface area contributed by atoms with Crippen LogP contribution in [-0.4, -0.2) is 74.7 Å². The molecular formula is C29H43N3O5. The zero-order chi connectivity index (χ0) is 26.0. The fraction of sp³-hybridized carbons (Fsp3) is 0.655. The molecule has 8 heteroatoms. The molecule has 1 aliphatic heterocycles. The van der Waals surface area contributed by atoms with Crippen molar-refractivity contribution in [2.45, 2.75) is 70.9 Å². The first-order valence-electron chi connectivity index (χ1n) is 13.9. The van der Waals surface area contributed by atoms with E-state index in [-0.39, 0.29) is 18.7 Å². The monoisotopic (exact) mass is 513 g/mol. The summed E-state index contributed by atoms with van der Waals surface area (Å²) in [5, 5.41) is 4.05. The predicted molar refractivity (Wildman–Crippen MR) is 144 cm³/mol. The van der Waals surface area contributed by atoms with E-state index in [2.05, 4.69) is 24.1 Å². The molecule has 2 heterocycles. The van der Waals surface area contributed by atoms with Crippen molar-refractivity contribution in [1.82, 2.24) is 15.2 Å². The number of benzene rings is 1. The summed E-state index contributed by atoms with van der Waals surface area (Å²) in [6.07, 6.45) is 8.31. The molecule has 1 saturated heterocycles. The Labute approximate surface area is 221 Å². The van der Waals surface area contributed by atoms with E-state index in [9.17, 15) is 4.79 Å². The maximum absolute atomic E-state index is 13.4. The first-order chi connectivity index (χ1) is 18.0. The quantitative estimate of drug-likeness (QED) is 0.323. The van der Waals surface area contributed by atoms with Gasteiger partial charge in [-0.1, -0.05) is 25.3 Å². The number of amides is 1. The zero-order valence-corrected chi connectivity index (χ0v) is 22.7. The number of nitrogens with one attached hydrogen (secondary N) is 1. The molecule has 1 aliphatic carbocycles. The number of ether oxygens (including phenoxy) is 4. The number of carbonyl (C=O) groups is 1. The second kappa shape index (κ2) is 13.9. The van der Waals surface area contributed by atoms with Crippen LogP contribution in [0.1, 0.15) is 69.3 Å². The molecule has 0 unspecified atom stereocenters. The Hall–Kier alpha value is -2.42. The number of likely N-dealkylation sites (tertiary alicyclic amines) is 1. The van der Waals surface area contributed by atoms with Crippen molar-refractivity contribution in [2.75, 3.05) is 46.8 Å². The average Bonchev–Trinajstić information content (AvgIpc) is 2.92. The van der Waals surface area contributed by atoms with Gasteiger partial charge in [-0.05, 0) is 64.1 Å². The van der Waals surface area contributed by atoms with E-state index in [0.29, 0.717) is 54.5 Å². The molecule has 2 fully saturated rings. The summed E-state index contributed by atoms with van der Waals surface area (Å²) in [6.45, 7) is 7.92. The Morgan fingerprint density at radius 2 is 1.92 bits per heavy atom. The van der Waals surface area contributed by atoms with Crippen LogP contribution in [0.2, 0.25) is 0 Å². The van der Waals surface area contributed by atoms with E-state index in [1.807, 2.05) is 18.2 Å². The standard InChI is InChI=1S/C29H43N3O5/c1-21(2)32-14-8-11-23(18-32)30-29(33)25-17-27(36-16-15-35-20-34-3)24-12-7-13-26(28(24)31-25)37-19-22-9-5-4-6-10-22/h7,12-13,17,21-23H,4-6,8-11,14-16,18-20H2,1-3H3,(H,30,33)/t23-/m1/s1. The van der Waals surface area contributed by atoms with Crippen LogP contribution in [0.25, 0.3) is 10.9 Å². The van der Waals surface area contributed by atoms with Crippen LogP contribution < -0.4 is 14.8 Å². The lowest BCUT2D eigenvalue weighted by molar-refractivity contribution is -0.0386. The first kappa shape index (κ1) is 27.6. The summed E-state index contributed by atoms with van der Waals surface area (Å²) in [7, 11) is 1.59. The largest absolute Gasteiger partial charge is 0.491 e. The Morgan fingerprint density at radius 1 is 1.08 bits per heavy atom. The highest BCUT2D eigenvalue weighted by Gasteiger charge is 2.25. The Balaban J connectivity index is 1.55. The van der Waals surface area contributed by atoms with Gasteiger partial charge in [-0.2, -0.15) is 0 Å².